The van der Waals surface area contributed by atoms with E-state index in [0.717, 1.165) is 0 Å². The van der Waals surface area contributed by atoms with Gasteiger partial charge in [0.2, 0.25) is 5.91 Å². The van der Waals surface area contributed by atoms with Crippen molar-refractivity contribution in [3.8, 4) is 0 Å². The lowest BCUT2D eigenvalue weighted by molar-refractivity contribution is -0.123. The molecule has 1 aromatic rings. The highest BCUT2D eigenvalue weighted by Gasteiger charge is 2.10. The van der Waals surface area contributed by atoms with Crippen LogP contribution in [0.2, 0.25) is 10.0 Å². The summed E-state index contributed by atoms with van der Waals surface area (Å²) in [4.78, 5) is 23.1. The van der Waals surface area contributed by atoms with Gasteiger partial charge in [0.25, 0.3) is 5.91 Å². The molecule has 0 saturated carbocycles. The van der Waals surface area contributed by atoms with Crippen LogP contribution >= 0.6 is 23.2 Å². The summed E-state index contributed by atoms with van der Waals surface area (Å²) in [5.74, 6) is -0.402. The largest absolute Gasteiger partial charge is 0.354 e. The van der Waals surface area contributed by atoms with Crippen LogP contribution in [0.5, 0.6) is 0 Å². The predicted molar refractivity (Wildman–Crippen MR) is 76.6 cm³/mol. The van der Waals surface area contributed by atoms with Crippen LogP contribution in [0.25, 0.3) is 0 Å². The Hall–Kier alpha value is -1.26. The van der Waals surface area contributed by atoms with Crippen LogP contribution in [-0.4, -0.2) is 24.9 Å². The molecule has 104 valence electrons. The Labute approximate surface area is 122 Å². The van der Waals surface area contributed by atoms with E-state index in [0.29, 0.717) is 28.7 Å². The predicted octanol–water partition coefficient (Wildman–Crippen LogP) is 2.50. The average molecular weight is 303 g/mol. The second kappa shape index (κ2) is 7.36. The zero-order valence-corrected chi connectivity index (χ0v) is 12.3. The fourth-order valence-electron chi connectivity index (χ4n) is 1.33. The molecule has 2 amide bonds. The molecule has 0 aromatic heterocycles. The Morgan fingerprint density at radius 1 is 1.16 bits per heavy atom. The molecule has 0 radical (unpaired) electrons. The molecule has 19 heavy (non-hydrogen) atoms. The number of carbonyl (C=O) groups excluding carboxylic acids is 2. The number of amides is 2. The van der Waals surface area contributed by atoms with E-state index in [1.165, 1.54) is 6.07 Å². The van der Waals surface area contributed by atoms with E-state index in [2.05, 4.69) is 10.6 Å². The maximum Gasteiger partial charge on any atom is 0.252 e. The van der Waals surface area contributed by atoms with Crippen molar-refractivity contribution in [1.82, 2.24) is 10.6 Å². The van der Waals surface area contributed by atoms with Gasteiger partial charge in [0.1, 0.15) is 0 Å². The van der Waals surface area contributed by atoms with E-state index in [1.54, 1.807) is 26.0 Å². The molecule has 0 atom stereocenters. The van der Waals surface area contributed by atoms with Gasteiger partial charge in [-0.25, -0.2) is 0 Å². The monoisotopic (exact) mass is 302 g/mol. The van der Waals surface area contributed by atoms with Crippen molar-refractivity contribution < 1.29 is 9.59 Å². The molecule has 1 rings (SSSR count). The maximum atomic E-state index is 11.8. The van der Waals surface area contributed by atoms with Crippen molar-refractivity contribution in [2.45, 2.75) is 13.8 Å². The maximum absolute atomic E-state index is 11.8. The number of hydrogen-bond acceptors (Lipinski definition) is 2. The van der Waals surface area contributed by atoms with Gasteiger partial charge >= 0.3 is 0 Å². The Balaban J connectivity index is 2.41. The molecule has 0 unspecified atom stereocenters. The van der Waals surface area contributed by atoms with Gasteiger partial charge in [0.05, 0.1) is 10.6 Å². The number of carbonyl (C=O) groups is 2. The van der Waals surface area contributed by atoms with Crippen LogP contribution in [0.4, 0.5) is 0 Å². The summed E-state index contributed by atoms with van der Waals surface area (Å²) in [5, 5.41) is 6.16. The lowest BCUT2D eigenvalue weighted by Gasteiger charge is -2.09. The van der Waals surface area contributed by atoms with Gasteiger partial charge in [-0.2, -0.15) is 0 Å². The number of benzene rings is 1. The van der Waals surface area contributed by atoms with Crippen LogP contribution in [0.3, 0.4) is 0 Å². The second-order valence-corrected chi connectivity index (χ2v) is 5.17. The molecule has 0 spiro atoms. The van der Waals surface area contributed by atoms with Crippen molar-refractivity contribution in [1.29, 1.82) is 0 Å². The highest BCUT2D eigenvalue weighted by Crippen LogP contribution is 2.20. The van der Waals surface area contributed by atoms with Gasteiger partial charge in [-0.05, 0) is 18.2 Å². The van der Waals surface area contributed by atoms with Crippen LogP contribution < -0.4 is 10.6 Å². The van der Waals surface area contributed by atoms with Crippen LogP contribution in [0.15, 0.2) is 18.2 Å². The van der Waals surface area contributed by atoms with Crippen LogP contribution in [0.1, 0.15) is 24.2 Å². The summed E-state index contributed by atoms with van der Waals surface area (Å²) < 4.78 is 0. The molecule has 2 N–H and O–H groups in total. The van der Waals surface area contributed by atoms with E-state index in [9.17, 15) is 9.59 Å². The number of nitrogens with one attached hydrogen (secondary N) is 2. The fourth-order valence-corrected chi connectivity index (χ4v) is 1.83. The molecular formula is C13H16Cl2N2O2. The molecule has 4 nitrogen and oxygen atoms in total. The average Bonchev–Trinajstić information content (AvgIpc) is 2.33. The van der Waals surface area contributed by atoms with Gasteiger partial charge < -0.3 is 10.6 Å². The lowest BCUT2D eigenvalue weighted by Crippen LogP contribution is -2.36. The Morgan fingerprint density at radius 3 is 2.37 bits per heavy atom. The second-order valence-electron chi connectivity index (χ2n) is 4.33. The van der Waals surface area contributed by atoms with Crippen molar-refractivity contribution in [2.24, 2.45) is 5.92 Å². The van der Waals surface area contributed by atoms with Crippen molar-refractivity contribution in [2.75, 3.05) is 13.1 Å². The standard InChI is InChI=1S/C13H16Cl2N2O2/c1-8(2)12(18)16-5-6-17-13(19)10-4-3-9(14)7-11(10)15/h3-4,7-8H,5-6H2,1-2H3,(H,16,18)(H,17,19). The van der Waals surface area contributed by atoms with Crippen molar-refractivity contribution in [3.05, 3.63) is 33.8 Å². The first-order valence-electron chi connectivity index (χ1n) is 5.92. The fraction of sp³-hybridized carbons (Fsp3) is 0.385. The van der Waals surface area contributed by atoms with Gasteiger partial charge in [0.15, 0.2) is 0 Å². The number of hydrogen-bond donors (Lipinski definition) is 2. The van der Waals surface area contributed by atoms with E-state index in [1.807, 2.05) is 0 Å². The molecule has 6 heteroatoms. The first-order valence-corrected chi connectivity index (χ1v) is 6.68. The van der Waals surface area contributed by atoms with E-state index < -0.39 is 0 Å². The molecular weight excluding hydrogens is 287 g/mol. The zero-order valence-electron chi connectivity index (χ0n) is 10.8. The first-order chi connectivity index (χ1) is 8.91. The third-order valence-corrected chi connectivity index (χ3v) is 2.96. The molecule has 0 saturated heterocycles. The van der Waals surface area contributed by atoms with Gasteiger partial charge in [-0.3, -0.25) is 9.59 Å². The highest BCUT2D eigenvalue weighted by molar-refractivity contribution is 6.36. The molecule has 0 bridgehead atoms. The SMILES string of the molecule is CC(C)C(=O)NCCNC(=O)c1ccc(Cl)cc1Cl. The van der Waals surface area contributed by atoms with E-state index in [-0.39, 0.29) is 17.7 Å². The minimum Gasteiger partial charge on any atom is -0.354 e. The smallest absolute Gasteiger partial charge is 0.252 e. The summed E-state index contributed by atoms with van der Waals surface area (Å²) in [6, 6.07) is 4.67. The molecule has 0 aliphatic rings. The zero-order chi connectivity index (χ0) is 14.4. The Kier molecular flexibility index (Phi) is 6.12. The van der Waals surface area contributed by atoms with Gasteiger partial charge in [-0.1, -0.05) is 37.0 Å². The molecule has 0 heterocycles. The van der Waals surface area contributed by atoms with E-state index >= 15 is 0 Å². The van der Waals surface area contributed by atoms with Crippen molar-refractivity contribution in [3.63, 3.8) is 0 Å². The van der Waals surface area contributed by atoms with Gasteiger partial charge in [0, 0.05) is 24.0 Å². The summed E-state index contributed by atoms with van der Waals surface area (Å²) in [6.07, 6.45) is 0. The Bertz CT molecular complexity index is 476. The van der Waals surface area contributed by atoms with E-state index in [4.69, 9.17) is 23.2 Å². The molecule has 1 aromatic carbocycles. The quantitative estimate of drug-likeness (QED) is 0.821. The molecule has 0 aliphatic carbocycles. The number of rotatable bonds is 5. The Morgan fingerprint density at radius 2 is 1.79 bits per heavy atom. The summed E-state index contributed by atoms with van der Waals surface area (Å²) in [7, 11) is 0. The molecule has 0 aliphatic heterocycles. The summed E-state index contributed by atoms with van der Waals surface area (Å²) >= 11 is 11.7. The van der Waals surface area contributed by atoms with Gasteiger partial charge in [-0.15, -0.1) is 0 Å². The minimum absolute atomic E-state index is 0.0428. The first kappa shape index (κ1) is 15.8. The lowest BCUT2D eigenvalue weighted by atomic mass is 10.2. The topological polar surface area (TPSA) is 58.2 Å². The van der Waals surface area contributed by atoms with Crippen LogP contribution in [-0.2, 0) is 4.79 Å². The normalized spacial score (nSPS) is 10.4. The third-order valence-electron chi connectivity index (χ3n) is 2.41. The third kappa shape index (κ3) is 5.09. The number of halogens is 2. The van der Waals surface area contributed by atoms with Crippen molar-refractivity contribution >= 4 is 35.0 Å². The molecule has 0 fully saturated rings. The summed E-state index contributed by atoms with van der Waals surface area (Å²) in [6.45, 7) is 4.34. The summed E-state index contributed by atoms with van der Waals surface area (Å²) in [5.41, 5.74) is 0.362. The van der Waals surface area contributed by atoms with Crippen LogP contribution in [0, 0.1) is 5.92 Å². The highest BCUT2D eigenvalue weighted by atomic mass is 35.5. The minimum atomic E-state index is -0.291.